The monoisotopic (exact) mass is 311 g/mol. The molecule has 21 heavy (non-hydrogen) atoms. The lowest BCUT2D eigenvalue weighted by Gasteiger charge is -2.12. The van der Waals surface area contributed by atoms with Gasteiger partial charge in [-0.1, -0.05) is 6.07 Å². The zero-order chi connectivity index (χ0) is 15.1. The lowest BCUT2D eigenvalue weighted by Crippen LogP contribution is -2.24. The number of thioether (sulfide) groups is 1. The number of carbonyl (C=O) groups excluding carboxylic acids is 1. The van der Waals surface area contributed by atoms with E-state index in [1.54, 1.807) is 23.9 Å². The molecule has 1 unspecified atom stereocenters. The quantitative estimate of drug-likeness (QED) is 0.840. The highest BCUT2D eigenvalue weighted by Crippen LogP contribution is 2.18. The van der Waals surface area contributed by atoms with Gasteiger partial charge in [0.25, 0.3) is 0 Å². The summed E-state index contributed by atoms with van der Waals surface area (Å²) < 4.78 is 18.8. The fourth-order valence-electron chi connectivity index (χ4n) is 2.50. The molecule has 0 saturated carbocycles. The number of ether oxygens (including phenoxy) is 1. The summed E-state index contributed by atoms with van der Waals surface area (Å²) in [6.45, 7) is 1.28. The Balaban J connectivity index is 1.80. The first kappa shape index (κ1) is 16.3. The molecule has 116 valence electrons. The third-order valence-corrected chi connectivity index (χ3v) is 4.26. The number of rotatable bonds is 7. The topological polar surface area (TPSA) is 38.3 Å². The van der Waals surface area contributed by atoms with E-state index in [2.05, 4.69) is 5.32 Å². The Hall–Kier alpha value is -1.07. The molecule has 1 saturated heterocycles. The molecule has 0 radical (unpaired) electrons. The van der Waals surface area contributed by atoms with Crippen molar-refractivity contribution in [2.45, 2.75) is 44.1 Å². The third-order valence-electron chi connectivity index (χ3n) is 3.66. The van der Waals surface area contributed by atoms with Crippen LogP contribution < -0.4 is 5.32 Å². The van der Waals surface area contributed by atoms with Crippen LogP contribution in [0, 0.1) is 5.82 Å². The van der Waals surface area contributed by atoms with Crippen LogP contribution in [0.3, 0.4) is 0 Å². The Morgan fingerprint density at radius 2 is 2.33 bits per heavy atom. The number of hydrogen-bond donors (Lipinski definition) is 1. The van der Waals surface area contributed by atoms with Crippen molar-refractivity contribution < 1.29 is 13.9 Å². The first-order chi connectivity index (χ1) is 10.2. The molecule has 0 aromatic heterocycles. The molecule has 1 N–H and O–H groups in total. The minimum atomic E-state index is -0.229. The molecule has 1 aliphatic heterocycles. The largest absolute Gasteiger partial charge is 0.378 e. The second-order valence-corrected chi connectivity index (χ2v) is 6.16. The van der Waals surface area contributed by atoms with Gasteiger partial charge in [0, 0.05) is 25.3 Å². The van der Waals surface area contributed by atoms with Crippen LogP contribution in [0.2, 0.25) is 0 Å². The van der Waals surface area contributed by atoms with E-state index in [4.69, 9.17) is 4.74 Å². The first-order valence-corrected chi connectivity index (χ1v) is 8.73. The van der Waals surface area contributed by atoms with Crippen molar-refractivity contribution in [2.75, 3.05) is 12.9 Å². The van der Waals surface area contributed by atoms with Gasteiger partial charge in [0.05, 0.1) is 6.10 Å². The minimum absolute atomic E-state index is 0.0323. The molecule has 1 atom stereocenters. The van der Waals surface area contributed by atoms with Crippen molar-refractivity contribution in [3.8, 4) is 0 Å². The van der Waals surface area contributed by atoms with Crippen LogP contribution in [-0.4, -0.2) is 24.9 Å². The van der Waals surface area contributed by atoms with Crippen molar-refractivity contribution in [2.24, 2.45) is 0 Å². The Bertz CT molecular complexity index is 475. The van der Waals surface area contributed by atoms with Gasteiger partial charge in [-0.15, -0.1) is 0 Å². The summed E-state index contributed by atoms with van der Waals surface area (Å²) in [7, 11) is 0. The summed E-state index contributed by atoms with van der Waals surface area (Å²) in [6.07, 6.45) is 5.66. The molecule has 1 amide bonds. The second kappa shape index (κ2) is 8.39. The molecule has 2 rings (SSSR count). The third kappa shape index (κ3) is 5.32. The Morgan fingerprint density at radius 3 is 3.05 bits per heavy atom. The molecule has 5 heteroatoms. The van der Waals surface area contributed by atoms with Crippen LogP contribution in [-0.2, 0) is 21.8 Å². The van der Waals surface area contributed by atoms with Crippen molar-refractivity contribution in [1.82, 2.24) is 5.32 Å². The zero-order valence-electron chi connectivity index (χ0n) is 12.4. The number of hydrogen-bond acceptors (Lipinski definition) is 3. The maximum atomic E-state index is 13.3. The van der Waals surface area contributed by atoms with Crippen molar-refractivity contribution >= 4 is 17.7 Å². The zero-order valence-corrected chi connectivity index (χ0v) is 13.2. The van der Waals surface area contributed by atoms with Crippen molar-refractivity contribution in [1.29, 1.82) is 0 Å². The van der Waals surface area contributed by atoms with Gasteiger partial charge < -0.3 is 10.1 Å². The standard InChI is InChI=1S/C16H22FNO2S/c1-21-11-13-9-14(17)5-4-12(13)10-18-16(19)7-6-15-3-2-8-20-15/h4-5,9,15H,2-3,6-8,10-11H2,1H3,(H,18,19). The van der Waals surface area contributed by atoms with Crippen molar-refractivity contribution in [3.63, 3.8) is 0 Å². The molecule has 0 spiro atoms. The van der Waals surface area contributed by atoms with Crippen LogP contribution in [0.5, 0.6) is 0 Å². The lowest BCUT2D eigenvalue weighted by atomic mass is 10.1. The minimum Gasteiger partial charge on any atom is -0.378 e. The normalized spacial score (nSPS) is 17.9. The predicted molar refractivity (Wildman–Crippen MR) is 83.7 cm³/mol. The van der Waals surface area contributed by atoms with E-state index in [0.717, 1.165) is 42.7 Å². The summed E-state index contributed by atoms with van der Waals surface area (Å²) in [5.74, 6) is 0.552. The molecule has 0 bridgehead atoms. The van der Waals surface area contributed by atoms with Crippen molar-refractivity contribution in [3.05, 3.63) is 35.1 Å². The Morgan fingerprint density at radius 1 is 1.48 bits per heavy atom. The van der Waals surface area contributed by atoms with Gasteiger partial charge in [0.15, 0.2) is 0 Å². The maximum absolute atomic E-state index is 13.3. The van der Waals surface area contributed by atoms with Gasteiger partial charge in [-0.3, -0.25) is 4.79 Å². The van der Waals surface area contributed by atoms with E-state index in [1.165, 1.54) is 6.07 Å². The summed E-state index contributed by atoms with van der Waals surface area (Å²) in [4.78, 5) is 11.9. The molecule has 1 aliphatic rings. The summed E-state index contributed by atoms with van der Waals surface area (Å²) >= 11 is 1.64. The van der Waals surface area contributed by atoms with E-state index in [0.29, 0.717) is 13.0 Å². The molecule has 1 heterocycles. The fraction of sp³-hybridized carbons (Fsp3) is 0.562. The summed E-state index contributed by atoms with van der Waals surface area (Å²) in [5.41, 5.74) is 1.93. The van der Waals surface area contributed by atoms with Gasteiger partial charge in [-0.25, -0.2) is 4.39 Å². The average Bonchev–Trinajstić information content (AvgIpc) is 2.98. The van der Waals surface area contributed by atoms with Gasteiger partial charge in [0.2, 0.25) is 5.91 Å². The SMILES string of the molecule is CSCc1cc(F)ccc1CNC(=O)CCC1CCCO1. The Labute approximate surface area is 129 Å². The fourth-order valence-corrected chi connectivity index (χ4v) is 3.08. The van der Waals surface area contributed by atoms with Crippen LogP contribution in [0.15, 0.2) is 18.2 Å². The Kier molecular flexibility index (Phi) is 6.51. The summed E-state index contributed by atoms with van der Waals surface area (Å²) in [6, 6.07) is 4.74. The lowest BCUT2D eigenvalue weighted by molar-refractivity contribution is -0.121. The van der Waals surface area contributed by atoms with E-state index < -0.39 is 0 Å². The summed E-state index contributed by atoms with van der Waals surface area (Å²) in [5, 5.41) is 2.91. The highest BCUT2D eigenvalue weighted by molar-refractivity contribution is 7.97. The highest BCUT2D eigenvalue weighted by Gasteiger charge is 2.16. The van der Waals surface area contributed by atoms with Gasteiger partial charge in [0.1, 0.15) is 5.82 Å². The van der Waals surface area contributed by atoms with Gasteiger partial charge >= 0.3 is 0 Å². The molecule has 1 fully saturated rings. The smallest absolute Gasteiger partial charge is 0.220 e. The first-order valence-electron chi connectivity index (χ1n) is 7.33. The number of benzene rings is 1. The molecule has 1 aromatic rings. The maximum Gasteiger partial charge on any atom is 0.220 e. The number of carbonyl (C=O) groups is 1. The van der Waals surface area contributed by atoms with E-state index in [-0.39, 0.29) is 17.8 Å². The van der Waals surface area contributed by atoms with Crippen LogP contribution >= 0.6 is 11.8 Å². The molecule has 0 aliphatic carbocycles. The molecule has 3 nitrogen and oxygen atoms in total. The number of amides is 1. The van der Waals surface area contributed by atoms with Crippen LogP contribution in [0.1, 0.15) is 36.8 Å². The van der Waals surface area contributed by atoms with Gasteiger partial charge in [-0.05, 0) is 48.8 Å². The highest BCUT2D eigenvalue weighted by atomic mass is 32.2. The van der Waals surface area contributed by atoms with E-state index >= 15 is 0 Å². The molecule has 1 aromatic carbocycles. The number of halogens is 1. The number of nitrogens with one attached hydrogen (secondary N) is 1. The van der Waals surface area contributed by atoms with Gasteiger partial charge in [-0.2, -0.15) is 11.8 Å². The average molecular weight is 311 g/mol. The van der Waals surface area contributed by atoms with E-state index in [9.17, 15) is 9.18 Å². The molecular weight excluding hydrogens is 289 g/mol. The molecular formula is C16H22FNO2S. The van der Waals surface area contributed by atoms with Crippen LogP contribution in [0.4, 0.5) is 4.39 Å². The van der Waals surface area contributed by atoms with E-state index in [1.807, 2.05) is 6.26 Å². The van der Waals surface area contributed by atoms with Crippen LogP contribution in [0.25, 0.3) is 0 Å². The predicted octanol–water partition coefficient (Wildman–Crippen LogP) is 3.26. The second-order valence-electron chi connectivity index (χ2n) is 5.30.